The van der Waals surface area contributed by atoms with Crippen molar-refractivity contribution in [3.63, 3.8) is 0 Å². The van der Waals surface area contributed by atoms with Gasteiger partial charge in [-0.2, -0.15) is 0 Å². The van der Waals surface area contributed by atoms with Crippen molar-refractivity contribution in [2.24, 2.45) is 5.92 Å². The smallest absolute Gasteiger partial charge is 0.326 e. The van der Waals surface area contributed by atoms with Crippen molar-refractivity contribution in [3.8, 4) is 5.75 Å². The second-order valence-electron chi connectivity index (χ2n) is 8.06. The van der Waals surface area contributed by atoms with Crippen molar-refractivity contribution < 1.29 is 29.7 Å². The van der Waals surface area contributed by atoms with Crippen LogP contribution in [0.5, 0.6) is 5.75 Å². The van der Waals surface area contributed by atoms with Crippen molar-refractivity contribution in [2.45, 2.75) is 51.0 Å². The Balaban J connectivity index is 1.86. The number of hydrogen-bond acceptors (Lipinski definition) is 5. The summed E-state index contributed by atoms with van der Waals surface area (Å²) in [5, 5.41) is 30.0. The Morgan fingerprint density at radius 3 is 2.59 bits per heavy atom. The first-order valence-corrected chi connectivity index (χ1v) is 9.87. The average Bonchev–Trinajstić information content (AvgIpc) is 2.65. The molecule has 0 aromatic heterocycles. The van der Waals surface area contributed by atoms with Gasteiger partial charge in [0.25, 0.3) is 0 Å². The van der Waals surface area contributed by atoms with Crippen LogP contribution in [0.4, 0.5) is 0 Å². The molecular formula is C21H30N2O6. The molecule has 4 N–H and O–H groups in total. The van der Waals surface area contributed by atoms with E-state index >= 15 is 0 Å². The fraction of sp³-hybridized carbons (Fsp3) is 0.571. The standard InChI is InChI=1S/C21H30N2O6/c1-14-13-23(11-9-21(14,2)15-4-3-5-16(24)12-15)10-8-18(25)22-17(20(28)29)6-7-19(26)27/h3-5,12,14,17,24H,6-11,13H2,1-2H3,(H,22,25)(H,26,27)(H,28,29)/t14-,17-,21+/m0/s1. The normalized spacial score (nSPS) is 23.3. The first-order chi connectivity index (χ1) is 13.6. The summed E-state index contributed by atoms with van der Waals surface area (Å²) in [7, 11) is 0. The molecule has 0 radical (unpaired) electrons. The van der Waals surface area contributed by atoms with E-state index in [1.54, 1.807) is 6.07 Å². The molecule has 8 heteroatoms. The maximum atomic E-state index is 12.1. The largest absolute Gasteiger partial charge is 0.508 e. The highest BCUT2D eigenvalue weighted by Gasteiger charge is 2.38. The van der Waals surface area contributed by atoms with Crippen LogP contribution >= 0.6 is 0 Å². The third kappa shape index (κ3) is 6.19. The Labute approximate surface area is 170 Å². The molecule has 0 aliphatic carbocycles. The number of aromatic hydroxyl groups is 1. The van der Waals surface area contributed by atoms with Crippen LogP contribution in [0, 0.1) is 5.92 Å². The molecular weight excluding hydrogens is 376 g/mol. The van der Waals surface area contributed by atoms with Gasteiger partial charge in [0.1, 0.15) is 11.8 Å². The summed E-state index contributed by atoms with van der Waals surface area (Å²) in [5.41, 5.74) is 1.04. The zero-order chi connectivity index (χ0) is 21.6. The summed E-state index contributed by atoms with van der Waals surface area (Å²) >= 11 is 0. The minimum absolute atomic E-state index is 0.0667. The Bertz CT molecular complexity index is 752. The highest BCUT2D eigenvalue weighted by Crippen LogP contribution is 2.40. The SMILES string of the molecule is C[C@H]1CN(CCC(=O)N[C@@H](CCC(=O)O)C(=O)O)CC[C@@]1(C)c1cccc(O)c1. The van der Waals surface area contributed by atoms with Gasteiger partial charge in [0, 0.05) is 25.9 Å². The van der Waals surface area contributed by atoms with Gasteiger partial charge >= 0.3 is 11.9 Å². The summed E-state index contributed by atoms with van der Waals surface area (Å²) in [5.74, 6) is -2.15. The molecule has 8 nitrogen and oxygen atoms in total. The number of rotatable bonds is 9. The van der Waals surface area contributed by atoms with Gasteiger partial charge in [-0.15, -0.1) is 0 Å². The molecule has 1 aliphatic heterocycles. The summed E-state index contributed by atoms with van der Waals surface area (Å²) in [6.45, 7) is 6.45. The van der Waals surface area contributed by atoms with E-state index in [1.807, 2.05) is 18.2 Å². The number of phenolic OH excluding ortho intramolecular Hbond substituents is 1. The molecule has 29 heavy (non-hydrogen) atoms. The van der Waals surface area contributed by atoms with Gasteiger partial charge < -0.3 is 25.5 Å². The van der Waals surface area contributed by atoms with Crippen molar-refractivity contribution >= 4 is 17.8 Å². The summed E-state index contributed by atoms with van der Waals surface area (Å²) < 4.78 is 0. The molecule has 1 amide bonds. The molecule has 0 bridgehead atoms. The van der Waals surface area contributed by atoms with Crippen molar-refractivity contribution in [1.82, 2.24) is 10.2 Å². The zero-order valence-electron chi connectivity index (χ0n) is 16.9. The maximum Gasteiger partial charge on any atom is 0.326 e. The lowest BCUT2D eigenvalue weighted by Gasteiger charge is -2.45. The molecule has 1 saturated heterocycles. The predicted molar refractivity (Wildman–Crippen MR) is 107 cm³/mol. The van der Waals surface area contributed by atoms with Crippen LogP contribution in [-0.2, 0) is 19.8 Å². The minimum Gasteiger partial charge on any atom is -0.508 e. The second kappa shape index (κ2) is 9.73. The Morgan fingerprint density at radius 1 is 1.28 bits per heavy atom. The van der Waals surface area contributed by atoms with Crippen molar-refractivity contribution in [2.75, 3.05) is 19.6 Å². The third-order valence-electron chi connectivity index (χ3n) is 6.01. The molecule has 1 aromatic carbocycles. The van der Waals surface area contributed by atoms with E-state index in [4.69, 9.17) is 10.2 Å². The molecule has 1 fully saturated rings. The molecule has 3 atom stereocenters. The number of carboxylic acid groups (broad SMARTS) is 2. The maximum absolute atomic E-state index is 12.1. The molecule has 1 aromatic rings. The number of amides is 1. The molecule has 0 unspecified atom stereocenters. The topological polar surface area (TPSA) is 127 Å². The summed E-state index contributed by atoms with van der Waals surface area (Å²) in [4.78, 5) is 36.1. The van der Waals surface area contributed by atoms with E-state index in [0.717, 1.165) is 25.1 Å². The summed E-state index contributed by atoms with van der Waals surface area (Å²) in [6.07, 6.45) is 0.593. The van der Waals surface area contributed by atoms with E-state index in [2.05, 4.69) is 24.1 Å². The number of carboxylic acids is 2. The van der Waals surface area contributed by atoms with E-state index in [-0.39, 0.29) is 30.4 Å². The van der Waals surface area contributed by atoms with Crippen LogP contribution in [0.15, 0.2) is 24.3 Å². The number of carbonyl (C=O) groups is 3. The summed E-state index contributed by atoms with van der Waals surface area (Å²) in [6, 6.07) is 6.16. The van der Waals surface area contributed by atoms with E-state index < -0.39 is 23.9 Å². The number of aliphatic carboxylic acids is 2. The molecule has 2 rings (SSSR count). The second-order valence-corrected chi connectivity index (χ2v) is 8.06. The van der Waals surface area contributed by atoms with Crippen LogP contribution in [0.2, 0.25) is 0 Å². The number of nitrogens with zero attached hydrogens (tertiary/aromatic N) is 1. The lowest BCUT2D eigenvalue weighted by molar-refractivity contribution is -0.143. The third-order valence-corrected chi connectivity index (χ3v) is 6.01. The zero-order valence-corrected chi connectivity index (χ0v) is 16.9. The molecule has 0 spiro atoms. The lowest BCUT2D eigenvalue weighted by Crippen LogP contribution is -2.48. The lowest BCUT2D eigenvalue weighted by atomic mass is 9.68. The number of benzene rings is 1. The highest BCUT2D eigenvalue weighted by molar-refractivity contribution is 5.84. The van der Waals surface area contributed by atoms with E-state index in [9.17, 15) is 19.5 Å². The number of hydrogen-bond donors (Lipinski definition) is 4. The number of likely N-dealkylation sites (tertiary alicyclic amines) is 1. The van der Waals surface area contributed by atoms with Crippen molar-refractivity contribution in [3.05, 3.63) is 29.8 Å². The number of phenols is 1. The quantitative estimate of drug-likeness (QED) is 0.492. The Morgan fingerprint density at radius 2 is 2.00 bits per heavy atom. The van der Waals surface area contributed by atoms with E-state index in [1.165, 1.54) is 0 Å². The van der Waals surface area contributed by atoms with E-state index in [0.29, 0.717) is 12.5 Å². The van der Waals surface area contributed by atoms with Gasteiger partial charge in [-0.3, -0.25) is 9.59 Å². The van der Waals surface area contributed by atoms with Gasteiger partial charge in [-0.1, -0.05) is 26.0 Å². The van der Waals surface area contributed by atoms with Gasteiger partial charge in [0.2, 0.25) is 5.91 Å². The number of carbonyl (C=O) groups excluding carboxylic acids is 1. The van der Waals surface area contributed by atoms with Crippen LogP contribution in [0.25, 0.3) is 0 Å². The Kier molecular flexibility index (Phi) is 7.61. The average molecular weight is 406 g/mol. The fourth-order valence-electron chi connectivity index (χ4n) is 3.86. The molecule has 0 saturated carbocycles. The van der Waals surface area contributed by atoms with Gasteiger partial charge in [-0.05, 0) is 48.4 Å². The van der Waals surface area contributed by atoms with Crippen LogP contribution in [0.3, 0.4) is 0 Å². The van der Waals surface area contributed by atoms with Crippen molar-refractivity contribution in [1.29, 1.82) is 0 Å². The predicted octanol–water partition coefficient (Wildman–Crippen LogP) is 1.82. The number of nitrogens with one attached hydrogen (secondary N) is 1. The first kappa shape index (κ1) is 22.7. The number of piperidine rings is 1. The highest BCUT2D eigenvalue weighted by atomic mass is 16.4. The molecule has 160 valence electrons. The van der Waals surface area contributed by atoms with Crippen LogP contribution in [-0.4, -0.2) is 63.7 Å². The molecule has 1 aliphatic rings. The Hall–Kier alpha value is -2.61. The van der Waals surface area contributed by atoms with Gasteiger partial charge in [-0.25, -0.2) is 4.79 Å². The molecule has 1 heterocycles. The first-order valence-electron chi connectivity index (χ1n) is 9.87. The van der Waals surface area contributed by atoms with Gasteiger partial charge in [0.05, 0.1) is 0 Å². The van der Waals surface area contributed by atoms with Crippen LogP contribution in [0.1, 0.15) is 45.1 Å². The fourth-order valence-corrected chi connectivity index (χ4v) is 3.86. The van der Waals surface area contributed by atoms with Gasteiger partial charge in [0.15, 0.2) is 0 Å². The van der Waals surface area contributed by atoms with Crippen LogP contribution < -0.4 is 5.32 Å². The minimum atomic E-state index is -1.23. The monoisotopic (exact) mass is 406 g/mol.